The first kappa shape index (κ1) is 11.5. The fourth-order valence-electron chi connectivity index (χ4n) is 2.70. The van der Waals surface area contributed by atoms with Crippen molar-refractivity contribution in [2.24, 2.45) is 0 Å². The van der Waals surface area contributed by atoms with E-state index in [4.69, 9.17) is 4.98 Å². The molecule has 0 bridgehead atoms. The first-order valence-electron chi connectivity index (χ1n) is 7.01. The maximum atomic E-state index is 9.94. The van der Waals surface area contributed by atoms with Crippen LogP contribution in [-0.2, 0) is 0 Å². The van der Waals surface area contributed by atoms with Crippen LogP contribution in [0.5, 0.6) is 5.75 Å². The molecule has 0 radical (unpaired) electrons. The Morgan fingerprint density at radius 3 is 2.70 bits per heavy atom. The number of phenols is 1. The molecule has 20 heavy (non-hydrogen) atoms. The van der Waals surface area contributed by atoms with E-state index in [1.807, 2.05) is 37.3 Å². The van der Waals surface area contributed by atoms with Gasteiger partial charge in [-0.1, -0.05) is 24.3 Å². The third kappa shape index (κ3) is 1.70. The third-order valence-corrected chi connectivity index (χ3v) is 3.98. The summed E-state index contributed by atoms with van der Waals surface area (Å²) < 4.78 is 2.32. The van der Waals surface area contributed by atoms with Crippen molar-refractivity contribution in [3.8, 4) is 17.1 Å². The molecule has 0 amide bonds. The van der Waals surface area contributed by atoms with Crippen LogP contribution >= 0.6 is 0 Å². The topological polar surface area (TPSA) is 38.0 Å². The molecule has 100 valence electrons. The lowest BCUT2D eigenvalue weighted by atomic mass is 10.1. The number of hydrogen-bond donors (Lipinski definition) is 1. The number of imidazole rings is 1. The standard InChI is InChI=1S/C17H16N2O/c1-11-6-7-12(10-16(11)20)17-18-14-4-2-3-5-15(14)19(17)13-8-9-13/h2-7,10,13,20H,8-9H2,1H3. The zero-order valence-corrected chi connectivity index (χ0v) is 11.4. The molecule has 1 aliphatic carbocycles. The van der Waals surface area contributed by atoms with Gasteiger partial charge < -0.3 is 9.67 Å². The van der Waals surface area contributed by atoms with Gasteiger partial charge in [0.15, 0.2) is 0 Å². The summed E-state index contributed by atoms with van der Waals surface area (Å²) >= 11 is 0. The largest absolute Gasteiger partial charge is 0.508 e. The van der Waals surface area contributed by atoms with Crippen molar-refractivity contribution in [2.75, 3.05) is 0 Å². The van der Waals surface area contributed by atoms with Crippen molar-refractivity contribution in [3.63, 3.8) is 0 Å². The first-order chi connectivity index (χ1) is 9.74. The fourth-order valence-corrected chi connectivity index (χ4v) is 2.70. The average molecular weight is 264 g/mol. The number of aryl methyl sites for hydroxylation is 1. The van der Waals surface area contributed by atoms with E-state index in [9.17, 15) is 5.11 Å². The normalized spacial score (nSPS) is 14.8. The van der Waals surface area contributed by atoms with E-state index in [0.717, 1.165) is 22.5 Å². The minimum atomic E-state index is 0.330. The van der Waals surface area contributed by atoms with E-state index in [-0.39, 0.29) is 0 Å². The van der Waals surface area contributed by atoms with Crippen LogP contribution in [0.3, 0.4) is 0 Å². The number of benzene rings is 2. The van der Waals surface area contributed by atoms with Crippen molar-refractivity contribution in [1.29, 1.82) is 0 Å². The number of hydrogen-bond acceptors (Lipinski definition) is 2. The molecule has 0 saturated heterocycles. The van der Waals surface area contributed by atoms with Crippen LogP contribution in [0.1, 0.15) is 24.4 Å². The van der Waals surface area contributed by atoms with Crippen LogP contribution in [-0.4, -0.2) is 14.7 Å². The molecule has 0 aliphatic heterocycles. The maximum Gasteiger partial charge on any atom is 0.141 e. The van der Waals surface area contributed by atoms with Crippen LogP contribution in [0.4, 0.5) is 0 Å². The molecule has 1 saturated carbocycles. The summed E-state index contributed by atoms with van der Waals surface area (Å²) in [6, 6.07) is 14.6. The summed E-state index contributed by atoms with van der Waals surface area (Å²) in [6.45, 7) is 1.91. The number of phenolic OH excluding ortho intramolecular Hbond substituents is 1. The van der Waals surface area contributed by atoms with E-state index >= 15 is 0 Å². The number of nitrogens with zero attached hydrogens (tertiary/aromatic N) is 2. The second-order valence-electron chi connectivity index (χ2n) is 5.53. The summed E-state index contributed by atoms with van der Waals surface area (Å²) in [5.74, 6) is 1.29. The van der Waals surface area contributed by atoms with E-state index in [1.54, 1.807) is 0 Å². The molecule has 3 heteroatoms. The smallest absolute Gasteiger partial charge is 0.141 e. The minimum absolute atomic E-state index is 0.330. The lowest BCUT2D eigenvalue weighted by Gasteiger charge is -2.08. The monoisotopic (exact) mass is 264 g/mol. The predicted molar refractivity (Wildman–Crippen MR) is 79.8 cm³/mol. The highest BCUT2D eigenvalue weighted by atomic mass is 16.3. The van der Waals surface area contributed by atoms with Gasteiger partial charge in [-0.2, -0.15) is 0 Å². The lowest BCUT2D eigenvalue weighted by Crippen LogP contribution is -1.97. The molecule has 3 nitrogen and oxygen atoms in total. The molecular weight excluding hydrogens is 248 g/mol. The quantitative estimate of drug-likeness (QED) is 0.758. The molecule has 3 aromatic rings. The minimum Gasteiger partial charge on any atom is -0.508 e. The van der Waals surface area contributed by atoms with Gasteiger partial charge in [0.25, 0.3) is 0 Å². The van der Waals surface area contributed by atoms with Gasteiger partial charge in [0.1, 0.15) is 11.6 Å². The highest BCUT2D eigenvalue weighted by Gasteiger charge is 2.28. The molecule has 1 aromatic heterocycles. The number of fused-ring (bicyclic) bond motifs is 1. The molecule has 0 unspecified atom stereocenters. The van der Waals surface area contributed by atoms with Gasteiger partial charge in [-0.3, -0.25) is 0 Å². The van der Waals surface area contributed by atoms with E-state index in [1.165, 1.54) is 18.4 Å². The van der Waals surface area contributed by atoms with Crippen LogP contribution in [0, 0.1) is 6.92 Å². The molecule has 1 fully saturated rings. The second kappa shape index (κ2) is 4.10. The molecule has 0 spiro atoms. The van der Waals surface area contributed by atoms with Gasteiger partial charge in [-0.15, -0.1) is 0 Å². The van der Waals surface area contributed by atoms with E-state index in [2.05, 4.69) is 16.7 Å². The molecule has 1 aliphatic rings. The number of rotatable bonds is 2. The van der Waals surface area contributed by atoms with Crippen molar-refractivity contribution >= 4 is 11.0 Å². The SMILES string of the molecule is Cc1ccc(-c2nc3ccccc3n2C2CC2)cc1O. The zero-order valence-electron chi connectivity index (χ0n) is 11.4. The van der Waals surface area contributed by atoms with Gasteiger partial charge in [0.05, 0.1) is 11.0 Å². The zero-order chi connectivity index (χ0) is 13.7. The number of aromatic nitrogens is 2. The number of para-hydroxylation sites is 2. The predicted octanol–water partition coefficient (Wildman–Crippen LogP) is 4.05. The Kier molecular flexibility index (Phi) is 2.36. The Bertz CT molecular complexity index is 800. The average Bonchev–Trinajstić information content (AvgIpc) is 3.22. The van der Waals surface area contributed by atoms with Crippen LogP contribution in [0.2, 0.25) is 0 Å². The van der Waals surface area contributed by atoms with Crippen molar-refractivity contribution in [2.45, 2.75) is 25.8 Å². The van der Waals surface area contributed by atoms with Crippen LogP contribution in [0.25, 0.3) is 22.4 Å². The molecule has 4 rings (SSSR count). The molecule has 0 atom stereocenters. The van der Waals surface area contributed by atoms with Gasteiger partial charge in [0, 0.05) is 11.6 Å². The Hall–Kier alpha value is -2.29. The lowest BCUT2D eigenvalue weighted by molar-refractivity contribution is 0.471. The van der Waals surface area contributed by atoms with Gasteiger partial charge >= 0.3 is 0 Å². The van der Waals surface area contributed by atoms with Gasteiger partial charge in [0.2, 0.25) is 0 Å². The molecule has 2 aromatic carbocycles. The molecular formula is C17H16N2O. The first-order valence-corrected chi connectivity index (χ1v) is 7.01. The second-order valence-corrected chi connectivity index (χ2v) is 5.53. The summed E-state index contributed by atoms with van der Waals surface area (Å²) in [7, 11) is 0. The summed E-state index contributed by atoms with van der Waals surface area (Å²) in [4.78, 5) is 4.77. The highest BCUT2D eigenvalue weighted by molar-refractivity contribution is 5.81. The maximum absolute atomic E-state index is 9.94. The van der Waals surface area contributed by atoms with E-state index in [0.29, 0.717) is 11.8 Å². The van der Waals surface area contributed by atoms with Crippen molar-refractivity contribution in [3.05, 3.63) is 48.0 Å². The summed E-state index contributed by atoms with van der Waals surface area (Å²) in [5.41, 5.74) is 4.08. The van der Waals surface area contributed by atoms with Crippen molar-refractivity contribution in [1.82, 2.24) is 9.55 Å². The van der Waals surface area contributed by atoms with Gasteiger partial charge in [-0.05, 0) is 43.5 Å². The van der Waals surface area contributed by atoms with Crippen LogP contribution in [0.15, 0.2) is 42.5 Å². The van der Waals surface area contributed by atoms with E-state index < -0.39 is 0 Å². The Morgan fingerprint density at radius 1 is 1.15 bits per heavy atom. The van der Waals surface area contributed by atoms with Crippen molar-refractivity contribution < 1.29 is 5.11 Å². The highest BCUT2D eigenvalue weighted by Crippen LogP contribution is 2.41. The third-order valence-electron chi connectivity index (χ3n) is 3.98. The Balaban J connectivity index is 1.98. The number of aromatic hydroxyl groups is 1. The molecule has 1 N–H and O–H groups in total. The summed E-state index contributed by atoms with van der Waals surface area (Å²) in [6.07, 6.45) is 2.43. The Labute approximate surface area is 117 Å². The fraction of sp³-hybridized carbons (Fsp3) is 0.235. The van der Waals surface area contributed by atoms with Crippen LogP contribution < -0.4 is 0 Å². The van der Waals surface area contributed by atoms with Gasteiger partial charge in [-0.25, -0.2) is 4.98 Å². The molecule has 1 heterocycles. The Morgan fingerprint density at radius 2 is 1.95 bits per heavy atom. The summed E-state index contributed by atoms with van der Waals surface area (Å²) in [5, 5.41) is 9.94.